The van der Waals surface area contributed by atoms with E-state index < -0.39 is 10.0 Å². The fraction of sp³-hybridized carbons (Fsp3) is 0.500. The summed E-state index contributed by atoms with van der Waals surface area (Å²) in [5, 5.41) is 0. The van der Waals surface area contributed by atoms with Crippen LogP contribution in [0.15, 0.2) is 24.3 Å². The summed E-state index contributed by atoms with van der Waals surface area (Å²) in [6, 6.07) is 6.42. The minimum absolute atomic E-state index is 0.0748. The van der Waals surface area contributed by atoms with Gasteiger partial charge in [0.05, 0.1) is 25.0 Å². The first-order valence-corrected chi connectivity index (χ1v) is 8.56. The molecule has 0 aromatic heterocycles. The molecule has 0 spiro atoms. The van der Waals surface area contributed by atoms with Crippen LogP contribution >= 0.6 is 0 Å². The Morgan fingerprint density at radius 2 is 1.90 bits per heavy atom. The second-order valence-electron chi connectivity index (χ2n) is 5.77. The predicted molar refractivity (Wildman–Crippen MR) is 80.8 cm³/mol. The minimum Gasteiger partial charge on any atom is -0.377 e. The first-order valence-electron chi connectivity index (χ1n) is 6.67. The molecular formula is C14H20N2O4S. The highest BCUT2D eigenvalue weighted by Gasteiger charge is 2.34. The van der Waals surface area contributed by atoms with Gasteiger partial charge in [-0.15, -0.1) is 0 Å². The maximum Gasteiger partial charge on any atom is 0.254 e. The van der Waals surface area contributed by atoms with E-state index in [1.807, 2.05) is 13.8 Å². The van der Waals surface area contributed by atoms with Gasteiger partial charge >= 0.3 is 0 Å². The molecule has 1 saturated heterocycles. The molecule has 1 aromatic rings. The second kappa shape index (κ2) is 5.65. The number of benzene rings is 1. The van der Waals surface area contributed by atoms with Gasteiger partial charge in [0.1, 0.15) is 0 Å². The first kappa shape index (κ1) is 15.8. The van der Waals surface area contributed by atoms with Crippen LogP contribution in [0.2, 0.25) is 0 Å². The molecule has 0 saturated carbocycles. The van der Waals surface area contributed by atoms with Crippen LogP contribution in [-0.4, -0.2) is 50.8 Å². The smallest absolute Gasteiger partial charge is 0.254 e. The fourth-order valence-electron chi connectivity index (χ4n) is 2.29. The van der Waals surface area contributed by atoms with Crippen LogP contribution in [0.3, 0.4) is 0 Å². The number of sulfonamides is 1. The van der Waals surface area contributed by atoms with Gasteiger partial charge in [-0.3, -0.25) is 9.52 Å². The van der Waals surface area contributed by atoms with Crippen LogP contribution in [0.1, 0.15) is 24.2 Å². The highest BCUT2D eigenvalue weighted by molar-refractivity contribution is 7.92. The van der Waals surface area contributed by atoms with Gasteiger partial charge in [0.25, 0.3) is 5.91 Å². The topological polar surface area (TPSA) is 75.7 Å². The van der Waals surface area contributed by atoms with Gasteiger partial charge in [-0.05, 0) is 38.1 Å². The molecule has 1 aromatic carbocycles. The average Bonchev–Trinajstić information content (AvgIpc) is 2.36. The maximum atomic E-state index is 12.5. The van der Waals surface area contributed by atoms with E-state index in [9.17, 15) is 13.2 Å². The second-order valence-corrected chi connectivity index (χ2v) is 7.52. The maximum absolute atomic E-state index is 12.5. The molecule has 1 fully saturated rings. The van der Waals surface area contributed by atoms with Gasteiger partial charge in [-0.1, -0.05) is 0 Å². The molecule has 1 heterocycles. The lowest BCUT2D eigenvalue weighted by Crippen LogP contribution is -2.55. The highest BCUT2D eigenvalue weighted by atomic mass is 32.2. The lowest BCUT2D eigenvalue weighted by molar-refractivity contribution is -0.0370. The van der Waals surface area contributed by atoms with Crippen molar-refractivity contribution in [3.8, 4) is 0 Å². The van der Waals surface area contributed by atoms with Crippen molar-refractivity contribution in [1.82, 2.24) is 4.90 Å². The molecule has 7 heteroatoms. The van der Waals surface area contributed by atoms with Crippen LogP contribution in [-0.2, 0) is 14.8 Å². The van der Waals surface area contributed by atoms with Crippen molar-refractivity contribution < 1.29 is 17.9 Å². The van der Waals surface area contributed by atoms with E-state index in [-0.39, 0.29) is 11.4 Å². The largest absolute Gasteiger partial charge is 0.377 e. The van der Waals surface area contributed by atoms with Gasteiger partial charge in [0.15, 0.2) is 0 Å². The van der Waals surface area contributed by atoms with Gasteiger partial charge in [-0.25, -0.2) is 8.42 Å². The summed E-state index contributed by atoms with van der Waals surface area (Å²) in [5.74, 6) is -0.0748. The number of morpholine rings is 1. The summed E-state index contributed by atoms with van der Waals surface area (Å²) in [7, 11) is -3.31. The van der Waals surface area contributed by atoms with E-state index in [0.717, 1.165) is 6.26 Å². The van der Waals surface area contributed by atoms with Gasteiger partial charge in [0, 0.05) is 17.8 Å². The Labute approximate surface area is 125 Å². The zero-order chi connectivity index (χ0) is 15.7. The summed E-state index contributed by atoms with van der Waals surface area (Å²) in [6.45, 7) is 5.51. The van der Waals surface area contributed by atoms with Gasteiger partial charge in [0.2, 0.25) is 10.0 Å². The van der Waals surface area contributed by atoms with Crippen molar-refractivity contribution in [2.45, 2.75) is 19.4 Å². The minimum atomic E-state index is -3.31. The molecule has 21 heavy (non-hydrogen) atoms. The summed E-state index contributed by atoms with van der Waals surface area (Å²) in [4.78, 5) is 14.3. The molecule has 1 N–H and O–H groups in total. The number of rotatable bonds is 3. The van der Waals surface area contributed by atoms with E-state index in [1.54, 1.807) is 29.2 Å². The van der Waals surface area contributed by atoms with Crippen molar-refractivity contribution in [3.63, 3.8) is 0 Å². The van der Waals surface area contributed by atoms with Crippen LogP contribution in [0.4, 0.5) is 5.69 Å². The lowest BCUT2D eigenvalue weighted by atomic mass is 10.0. The normalized spacial score (nSPS) is 18.3. The number of carbonyl (C=O) groups is 1. The summed E-state index contributed by atoms with van der Waals surface area (Å²) in [5.41, 5.74) is 0.623. The molecule has 6 nitrogen and oxygen atoms in total. The number of hydrogen-bond acceptors (Lipinski definition) is 4. The van der Waals surface area contributed by atoms with Gasteiger partial charge < -0.3 is 9.64 Å². The third-order valence-corrected chi connectivity index (χ3v) is 3.93. The Morgan fingerprint density at radius 1 is 1.29 bits per heavy atom. The molecular weight excluding hydrogens is 292 g/mol. The Morgan fingerprint density at radius 3 is 2.43 bits per heavy atom. The van der Waals surface area contributed by atoms with E-state index in [2.05, 4.69) is 4.72 Å². The third-order valence-electron chi connectivity index (χ3n) is 3.33. The van der Waals surface area contributed by atoms with E-state index >= 15 is 0 Å². The molecule has 0 unspecified atom stereocenters. The average molecular weight is 312 g/mol. The number of hydrogen-bond donors (Lipinski definition) is 1. The lowest BCUT2D eigenvalue weighted by Gasteiger charge is -2.42. The Balaban J connectivity index is 2.16. The number of nitrogens with one attached hydrogen (secondary N) is 1. The molecule has 0 atom stereocenters. The van der Waals surface area contributed by atoms with Crippen LogP contribution in [0.5, 0.6) is 0 Å². The monoisotopic (exact) mass is 312 g/mol. The third kappa shape index (κ3) is 3.95. The van der Waals surface area contributed by atoms with Crippen molar-refractivity contribution in [1.29, 1.82) is 0 Å². The van der Waals surface area contributed by atoms with Crippen LogP contribution in [0.25, 0.3) is 0 Å². The number of amides is 1. The molecule has 116 valence electrons. The van der Waals surface area contributed by atoms with Crippen LogP contribution < -0.4 is 4.72 Å². The Hall–Kier alpha value is -1.60. The van der Waals surface area contributed by atoms with Crippen molar-refractivity contribution in [3.05, 3.63) is 29.8 Å². The van der Waals surface area contributed by atoms with Crippen molar-refractivity contribution in [2.75, 3.05) is 30.7 Å². The molecule has 1 aliphatic heterocycles. The standard InChI is InChI=1S/C14H20N2O4S/c1-14(2)10-20-9-8-16(14)13(17)11-4-6-12(7-5-11)15-21(3,18)19/h4-7,15H,8-10H2,1-3H3. The number of nitrogens with zero attached hydrogens (tertiary/aromatic N) is 1. The SMILES string of the molecule is CC1(C)COCCN1C(=O)c1ccc(NS(C)(=O)=O)cc1. The molecule has 0 bridgehead atoms. The number of carbonyl (C=O) groups excluding carboxylic acids is 1. The Bertz CT molecular complexity index is 623. The molecule has 1 amide bonds. The quantitative estimate of drug-likeness (QED) is 0.913. The molecule has 2 rings (SSSR count). The summed E-state index contributed by atoms with van der Waals surface area (Å²) >= 11 is 0. The molecule has 0 radical (unpaired) electrons. The van der Waals surface area contributed by atoms with E-state index in [1.165, 1.54) is 0 Å². The fourth-order valence-corrected chi connectivity index (χ4v) is 2.85. The zero-order valence-corrected chi connectivity index (χ0v) is 13.2. The predicted octanol–water partition coefficient (Wildman–Crippen LogP) is 1.31. The summed E-state index contributed by atoms with van der Waals surface area (Å²) < 4.78 is 30.1. The van der Waals surface area contributed by atoms with Crippen molar-refractivity contribution >= 4 is 21.6 Å². The highest BCUT2D eigenvalue weighted by Crippen LogP contribution is 2.22. The summed E-state index contributed by atoms with van der Waals surface area (Å²) in [6.07, 6.45) is 1.09. The zero-order valence-electron chi connectivity index (χ0n) is 12.4. The van der Waals surface area contributed by atoms with E-state index in [4.69, 9.17) is 4.74 Å². The van der Waals surface area contributed by atoms with Gasteiger partial charge in [-0.2, -0.15) is 0 Å². The molecule has 0 aliphatic carbocycles. The number of anilines is 1. The Kier molecular flexibility index (Phi) is 4.25. The first-order chi connectivity index (χ1) is 9.69. The van der Waals surface area contributed by atoms with Crippen molar-refractivity contribution in [2.24, 2.45) is 0 Å². The van der Waals surface area contributed by atoms with Crippen LogP contribution in [0, 0.1) is 0 Å². The number of ether oxygens (including phenoxy) is 1. The molecule has 1 aliphatic rings. The van der Waals surface area contributed by atoms with E-state index in [0.29, 0.717) is 31.0 Å².